The molecular formula is C27H48O4. The number of aliphatic carboxylic acids is 2. The zero-order valence-electron chi connectivity index (χ0n) is 20.3. The molecule has 0 aliphatic heterocycles. The SMILES string of the molecule is CCCCCCCCCCCCCCCC1(C(=O)O)CC=CCC1(CCCC)C(=O)O. The lowest BCUT2D eigenvalue weighted by Gasteiger charge is -2.46. The molecule has 0 saturated carbocycles. The number of unbranched alkanes of at least 4 members (excludes halogenated alkanes) is 13. The van der Waals surface area contributed by atoms with Crippen molar-refractivity contribution in [1.29, 1.82) is 0 Å². The zero-order valence-corrected chi connectivity index (χ0v) is 20.3. The van der Waals surface area contributed by atoms with Gasteiger partial charge in [0.25, 0.3) is 0 Å². The van der Waals surface area contributed by atoms with Gasteiger partial charge in [-0.05, 0) is 25.7 Å². The maximum absolute atomic E-state index is 12.4. The summed E-state index contributed by atoms with van der Waals surface area (Å²) in [6, 6.07) is 0. The molecule has 2 atom stereocenters. The Balaban J connectivity index is 2.40. The summed E-state index contributed by atoms with van der Waals surface area (Å²) in [5.74, 6) is -1.85. The van der Waals surface area contributed by atoms with Crippen molar-refractivity contribution < 1.29 is 19.8 Å². The monoisotopic (exact) mass is 436 g/mol. The molecule has 0 heterocycles. The first-order valence-electron chi connectivity index (χ1n) is 13.1. The van der Waals surface area contributed by atoms with E-state index in [1.807, 2.05) is 19.1 Å². The van der Waals surface area contributed by atoms with Crippen LogP contribution < -0.4 is 0 Å². The quantitative estimate of drug-likeness (QED) is 0.158. The van der Waals surface area contributed by atoms with Crippen molar-refractivity contribution in [2.24, 2.45) is 10.8 Å². The van der Waals surface area contributed by atoms with Gasteiger partial charge in [-0.15, -0.1) is 0 Å². The molecule has 0 aromatic heterocycles. The van der Waals surface area contributed by atoms with Gasteiger partial charge in [-0.3, -0.25) is 9.59 Å². The largest absolute Gasteiger partial charge is 0.481 e. The van der Waals surface area contributed by atoms with E-state index in [0.29, 0.717) is 25.7 Å². The number of hydrogen-bond acceptors (Lipinski definition) is 2. The van der Waals surface area contributed by atoms with Gasteiger partial charge in [0.15, 0.2) is 0 Å². The van der Waals surface area contributed by atoms with Crippen molar-refractivity contribution in [2.75, 3.05) is 0 Å². The van der Waals surface area contributed by atoms with E-state index in [2.05, 4.69) is 6.92 Å². The second-order valence-electron chi connectivity index (χ2n) is 9.75. The van der Waals surface area contributed by atoms with Gasteiger partial charge >= 0.3 is 11.9 Å². The highest BCUT2D eigenvalue weighted by atomic mass is 16.4. The van der Waals surface area contributed by atoms with Crippen LogP contribution in [0.25, 0.3) is 0 Å². The van der Waals surface area contributed by atoms with Gasteiger partial charge in [0.05, 0.1) is 10.8 Å². The topological polar surface area (TPSA) is 74.6 Å². The highest BCUT2D eigenvalue weighted by molar-refractivity contribution is 5.87. The molecule has 31 heavy (non-hydrogen) atoms. The van der Waals surface area contributed by atoms with Crippen molar-refractivity contribution in [1.82, 2.24) is 0 Å². The summed E-state index contributed by atoms with van der Waals surface area (Å²) in [5, 5.41) is 20.3. The number of rotatable bonds is 19. The second-order valence-corrected chi connectivity index (χ2v) is 9.75. The maximum Gasteiger partial charge on any atom is 0.311 e. The molecule has 1 aliphatic carbocycles. The fraction of sp³-hybridized carbons (Fsp3) is 0.852. The number of hydrogen-bond donors (Lipinski definition) is 2. The summed E-state index contributed by atoms with van der Waals surface area (Å²) in [6.45, 7) is 4.28. The summed E-state index contributed by atoms with van der Waals surface area (Å²) in [7, 11) is 0. The lowest BCUT2D eigenvalue weighted by molar-refractivity contribution is -0.177. The van der Waals surface area contributed by atoms with Crippen LogP contribution in [0.3, 0.4) is 0 Å². The molecule has 1 aliphatic rings. The van der Waals surface area contributed by atoms with Gasteiger partial charge in [-0.25, -0.2) is 0 Å². The molecule has 2 unspecified atom stereocenters. The molecule has 0 spiro atoms. The molecule has 0 aromatic carbocycles. The third kappa shape index (κ3) is 8.27. The lowest BCUT2D eigenvalue weighted by atomic mass is 9.54. The van der Waals surface area contributed by atoms with E-state index >= 15 is 0 Å². The van der Waals surface area contributed by atoms with E-state index < -0.39 is 22.8 Å². The molecule has 0 saturated heterocycles. The molecule has 0 radical (unpaired) electrons. The van der Waals surface area contributed by atoms with Crippen LogP contribution in [0.1, 0.15) is 136 Å². The Bertz CT molecular complexity index is 541. The van der Waals surface area contributed by atoms with Crippen LogP contribution in [0.4, 0.5) is 0 Å². The number of carbonyl (C=O) groups is 2. The van der Waals surface area contributed by atoms with E-state index in [-0.39, 0.29) is 0 Å². The van der Waals surface area contributed by atoms with Crippen molar-refractivity contribution in [3.63, 3.8) is 0 Å². The Labute approximate surface area is 190 Å². The van der Waals surface area contributed by atoms with Gasteiger partial charge in [-0.1, -0.05) is 122 Å². The Hall–Kier alpha value is -1.32. The van der Waals surface area contributed by atoms with Crippen molar-refractivity contribution in [3.05, 3.63) is 12.2 Å². The summed E-state index contributed by atoms with van der Waals surface area (Å²) < 4.78 is 0. The van der Waals surface area contributed by atoms with Gasteiger partial charge in [0.2, 0.25) is 0 Å². The molecule has 0 bridgehead atoms. The fourth-order valence-corrected chi connectivity index (χ4v) is 5.36. The Morgan fingerprint density at radius 2 is 0.903 bits per heavy atom. The molecule has 0 fully saturated rings. The van der Waals surface area contributed by atoms with Gasteiger partial charge < -0.3 is 10.2 Å². The van der Waals surface area contributed by atoms with Gasteiger partial charge in [-0.2, -0.15) is 0 Å². The Kier molecular flexibility index (Phi) is 13.8. The number of carboxylic acids is 2. The molecule has 0 amide bonds. The van der Waals surface area contributed by atoms with E-state index in [1.165, 1.54) is 64.2 Å². The first kappa shape index (κ1) is 27.7. The molecule has 180 valence electrons. The van der Waals surface area contributed by atoms with Crippen molar-refractivity contribution >= 4 is 11.9 Å². The molecule has 4 nitrogen and oxygen atoms in total. The smallest absolute Gasteiger partial charge is 0.311 e. The van der Waals surface area contributed by atoms with E-state index in [0.717, 1.165) is 32.1 Å². The summed E-state index contributed by atoms with van der Waals surface area (Å²) in [5.41, 5.74) is -2.33. The van der Waals surface area contributed by atoms with Crippen LogP contribution in [0.15, 0.2) is 12.2 Å². The van der Waals surface area contributed by atoms with Crippen LogP contribution >= 0.6 is 0 Å². The van der Waals surface area contributed by atoms with E-state index in [4.69, 9.17) is 0 Å². The van der Waals surface area contributed by atoms with Crippen LogP contribution in [0.2, 0.25) is 0 Å². The molecule has 1 rings (SSSR count). The zero-order chi connectivity index (χ0) is 23.0. The van der Waals surface area contributed by atoms with Crippen molar-refractivity contribution in [2.45, 2.75) is 136 Å². The molecule has 4 heteroatoms. The molecular weight excluding hydrogens is 388 g/mol. The highest BCUT2D eigenvalue weighted by Crippen LogP contribution is 2.55. The standard InChI is InChI=1S/C27H48O4/c1-3-5-7-8-9-10-11-12-13-14-15-16-17-21-27(25(30)31)23-19-18-22-26(27,24(28)29)20-6-4-2/h18-19H,3-17,20-23H2,1-2H3,(H,28,29)(H,30,31). The van der Waals surface area contributed by atoms with Gasteiger partial charge in [0.1, 0.15) is 0 Å². The van der Waals surface area contributed by atoms with E-state index in [1.54, 1.807) is 0 Å². The average Bonchev–Trinajstić information content (AvgIpc) is 2.75. The summed E-state index contributed by atoms with van der Waals surface area (Å²) in [4.78, 5) is 24.8. The minimum absolute atomic E-state index is 0.340. The van der Waals surface area contributed by atoms with Crippen LogP contribution in [0.5, 0.6) is 0 Å². The minimum Gasteiger partial charge on any atom is -0.481 e. The average molecular weight is 437 g/mol. The molecule has 2 N–H and O–H groups in total. The number of allylic oxidation sites excluding steroid dienone is 2. The van der Waals surface area contributed by atoms with Crippen LogP contribution in [0, 0.1) is 10.8 Å². The third-order valence-electron chi connectivity index (χ3n) is 7.50. The Morgan fingerprint density at radius 1 is 0.581 bits per heavy atom. The second kappa shape index (κ2) is 15.5. The summed E-state index contributed by atoms with van der Waals surface area (Å²) >= 11 is 0. The van der Waals surface area contributed by atoms with Crippen LogP contribution in [-0.2, 0) is 9.59 Å². The molecule has 0 aromatic rings. The van der Waals surface area contributed by atoms with Crippen molar-refractivity contribution in [3.8, 4) is 0 Å². The maximum atomic E-state index is 12.4. The predicted octanol–water partition coefficient (Wildman–Crippen LogP) is 8.15. The Morgan fingerprint density at radius 3 is 1.26 bits per heavy atom. The normalized spacial score (nSPS) is 23.2. The van der Waals surface area contributed by atoms with Crippen LogP contribution in [-0.4, -0.2) is 22.2 Å². The minimum atomic E-state index is -1.17. The lowest BCUT2D eigenvalue weighted by Crippen LogP contribution is -2.53. The van der Waals surface area contributed by atoms with E-state index in [9.17, 15) is 19.8 Å². The first-order valence-corrected chi connectivity index (χ1v) is 13.1. The number of carboxylic acid groups (broad SMARTS) is 2. The summed E-state index contributed by atoms with van der Waals surface area (Å²) in [6.07, 6.45) is 23.2. The highest BCUT2D eigenvalue weighted by Gasteiger charge is 2.60. The van der Waals surface area contributed by atoms with Gasteiger partial charge in [0, 0.05) is 0 Å². The first-order chi connectivity index (χ1) is 15.0. The predicted molar refractivity (Wildman–Crippen MR) is 128 cm³/mol. The third-order valence-corrected chi connectivity index (χ3v) is 7.50. The fourth-order valence-electron chi connectivity index (χ4n) is 5.36.